The number of anilines is 1. The number of hydrogen-bond donors (Lipinski definition) is 2. The third-order valence-corrected chi connectivity index (χ3v) is 12.9. The number of hydrogen-bond acceptors (Lipinski definition) is 9. The van der Waals surface area contributed by atoms with Crippen LogP contribution in [0, 0.1) is 6.92 Å². The maximum Gasteiger partial charge on any atom is 0.333 e. The van der Waals surface area contributed by atoms with Gasteiger partial charge >= 0.3 is 5.97 Å². The zero-order valence-electron chi connectivity index (χ0n) is 37.5. The summed E-state index contributed by atoms with van der Waals surface area (Å²) in [6.07, 6.45) is 12.6. The number of carbonyl (C=O) groups excluding carboxylic acids is 4. The normalized spacial score (nSPS) is 18.1. The fraction of sp³-hybridized carbons (Fsp3) is 0.479. The Morgan fingerprint density at radius 3 is 2.35 bits per heavy atom. The lowest BCUT2D eigenvalue weighted by Gasteiger charge is -2.30. The summed E-state index contributed by atoms with van der Waals surface area (Å²) in [5.74, 6) is -0.266. The van der Waals surface area contributed by atoms with Crippen molar-refractivity contribution < 1.29 is 41.4 Å². The van der Waals surface area contributed by atoms with Crippen LogP contribution in [-0.2, 0) is 45.0 Å². The first-order valence-corrected chi connectivity index (χ1v) is 23.2. The predicted molar refractivity (Wildman–Crippen MR) is 241 cm³/mol. The number of nitrogens with one attached hydrogen (secondary N) is 1. The van der Waals surface area contributed by atoms with Gasteiger partial charge in [-0.3, -0.25) is 18.9 Å². The molecular weight excluding hydrogens is 809 g/mol. The Hall–Kier alpha value is -5.34. The Bertz CT molecular complexity index is 2380. The third-order valence-electron chi connectivity index (χ3n) is 11.7. The number of rotatable bonds is 18. The van der Waals surface area contributed by atoms with Gasteiger partial charge in [0.1, 0.15) is 29.9 Å². The molecule has 2 N–H and O–H groups in total. The summed E-state index contributed by atoms with van der Waals surface area (Å²) in [4.78, 5) is 57.1. The minimum Gasteiger partial charge on any atom is -0.460 e. The van der Waals surface area contributed by atoms with Gasteiger partial charge in [0, 0.05) is 72.6 Å². The molecule has 5 rings (SSSR count). The van der Waals surface area contributed by atoms with E-state index in [2.05, 4.69) is 111 Å². The first kappa shape index (κ1) is 47.7. The van der Waals surface area contributed by atoms with Crippen molar-refractivity contribution >= 4 is 45.6 Å². The maximum absolute atomic E-state index is 12.9. The molecule has 0 radical (unpaired) electrons. The summed E-state index contributed by atoms with van der Waals surface area (Å²) in [6, 6.07) is 14.8. The molecule has 3 heterocycles. The van der Waals surface area contributed by atoms with Crippen molar-refractivity contribution in [2.24, 2.45) is 0 Å². The molecule has 3 aliphatic heterocycles. The van der Waals surface area contributed by atoms with E-state index in [0.717, 1.165) is 63.6 Å². The molecule has 2 unspecified atom stereocenters. The maximum atomic E-state index is 12.9. The monoisotopic (exact) mass is 871 g/mol. The Kier molecular flexibility index (Phi) is 15.6. The number of hydroxylamine groups is 2. The first-order valence-electron chi connectivity index (χ1n) is 21.7. The SMILES string of the molecule is CC[N+](CC)=c1ccc2c(C=CC=CC=C3N(CCCCC(=O)NCC(C)S(=O)(=O)O)c4ccc(C)cc4C3(C)CCCC(=O)ON3C(=O)CCC3=O)cc(C(C)(C)C)oc-2c1. The Morgan fingerprint density at radius 2 is 1.69 bits per heavy atom. The van der Waals surface area contributed by atoms with Crippen molar-refractivity contribution in [1.29, 1.82) is 0 Å². The fourth-order valence-corrected chi connectivity index (χ4v) is 8.23. The van der Waals surface area contributed by atoms with Gasteiger partial charge in [0.25, 0.3) is 21.9 Å². The van der Waals surface area contributed by atoms with E-state index in [9.17, 15) is 32.1 Å². The lowest BCUT2D eigenvalue weighted by Crippen LogP contribution is -2.34. The lowest BCUT2D eigenvalue weighted by molar-refractivity contribution is -0.197. The van der Waals surface area contributed by atoms with Gasteiger partial charge in [-0.05, 0) is 95.7 Å². The Morgan fingerprint density at radius 1 is 0.984 bits per heavy atom. The van der Waals surface area contributed by atoms with E-state index in [4.69, 9.17) is 9.25 Å². The first-order chi connectivity index (χ1) is 29.3. The number of aryl methyl sites for hydroxylation is 1. The summed E-state index contributed by atoms with van der Waals surface area (Å²) in [6.45, 7) is 18.4. The van der Waals surface area contributed by atoms with Crippen LogP contribution in [0.5, 0.6) is 0 Å². The molecule has 0 saturated carbocycles. The fourth-order valence-electron chi connectivity index (χ4n) is 7.93. The van der Waals surface area contributed by atoms with Crippen molar-refractivity contribution in [1.82, 2.24) is 15.0 Å². The van der Waals surface area contributed by atoms with Crippen molar-refractivity contribution in [3.8, 4) is 11.3 Å². The second-order valence-electron chi connectivity index (χ2n) is 17.5. The Labute approximate surface area is 366 Å². The van der Waals surface area contributed by atoms with Gasteiger partial charge in [0.15, 0.2) is 0 Å². The number of imide groups is 1. The van der Waals surface area contributed by atoms with Crippen LogP contribution in [0.15, 0.2) is 76.9 Å². The van der Waals surface area contributed by atoms with Crippen molar-refractivity contribution in [3.63, 3.8) is 0 Å². The summed E-state index contributed by atoms with van der Waals surface area (Å²) in [5, 5.41) is 3.19. The van der Waals surface area contributed by atoms with E-state index < -0.39 is 38.6 Å². The molecular formula is C48H63N4O9S+. The van der Waals surface area contributed by atoms with Crippen LogP contribution in [0.4, 0.5) is 5.69 Å². The highest BCUT2D eigenvalue weighted by Crippen LogP contribution is 2.51. The molecule has 0 spiro atoms. The highest BCUT2D eigenvalue weighted by Gasteiger charge is 2.43. The standard InChI is InChI=1S/C48H62N4O9S/c1-9-50(10-2)36-22-23-37-35(30-42(47(5,6)7)60-40(37)31-36)17-12-11-13-18-41-48(8,27-16-20-46(56)61-52-44(54)25-26-45(52)55)38-29-33(3)21-24-39(38)51(41)28-15-14-19-43(53)49-32-34(4)62(57,58)59/h11-13,17-18,21-24,29-31,34H,9-10,14-16,19-20,25-28,32H2,1-8H3,(H-,49,53,57,58,59)/p+1. The number of allylic oxidation sites excluding steroid dienone is 5. The summed E-state index contributed by atoms with van der Waals surface area (Å²) in [5.41, 5.74) is 5.50. The molecule has 334 valence electrons. The molecule has 1 fully saturated rings. The van der Waals surface area contributed by atoms with Gasteiger partial charge in [0.2, 0.25) is 11.3 Å². The predicted octanol–water partition coefficient (Wildman–Crippen LogP) is 7.37. The number of unbranched alkanes of at least 4 members (excludes halogenated alkanes) is 1. The molecule has 1 aromatic rings. The second-order valence-corrected chi connectivity index (χ2v) is 19.3. The summed E-state index contributed by atoms with van der Waals surface area (Å²) in [7, 11) is -4.25. The molecule has 1 aliphatic carbocycles. The average molecular weight is 872 g/mol. The van der Waals surface area contributed by atoms with Gasteiger partial charge in [-0.2, -0.15) is 8.42 Å². The average Bonchev–Trinajstić information content (AvgIpc) is 3.64. The van der Waals surface area contributed by atoms with Gasteiger partial charge in [-0.1, -0.05) is 62.8 Å². The van der Waals surface area contributed by atoms with E-state index >= 15 is 0 Å². The molecule has 2 atom stereocenters. The van der Waals surface area contributed by atoms with Crippen LogP contribution >= 0.6 is 0 Å². The van der Waals surface area contributed by atoms with Gasteiger partial charge < -0.3 is 19.5 Å². The van der Waals surface area contributed by atoms with Crippen LogP contribution < -0.4 is 20.1 Å². The topological polar surface area (TPSA) is 167 Å². The zero-order valence-corrected chi connectivity index (χ0v) is 38.3. The second kappa shape index (κ2) is 20.2. The largest absolute Gasteiger partial charge is 0.460 e. The molecule has 1 saturated heterocycles. The van der Waals surface area contributed by atoms with Crippen molar-refractivity contribution in [2.75, 3.05) is 31.1 Å². The van der Waals surface area contributed by atoms with Crippen LogP contribution in [-0.4, -0.2) is 73.2 Å². The van der Waals surface area contributed by atoms with E-state index in [1.54, 1.807) is 0 Å². The summed E-state index contributed by atoms with van der Waals surface area (Å²) < 4.78 is 40.8. The quantitative estimate of drug-likeness (QED) is 0.0433. The molecule has 13 nitrogen and oxygen atoms in total. The molecule has 0 aromatic heterocycles. The molecule has 0 bridgehead atoms. The number of carbonyl (C=O) groups is 4. The van der Waals surface area contributed by atoms with Crippen LogP contribution in [0.25, 0.3) is 17.4 Å². The highest BCUT2D eigenvalue weighted by molar-refractivity contribution is 7.86. The van der Waals surface area contributed by atoms with Crippen LogP contribution in [0.2, 0.25) is 0 Å². The van der Waals surface area contributed by atoms with Crippen LogP contribution in [0.1, 0.15) is 122 Å². The molecule has 1 aromatic carbocycles. The van der Waals surface area contributed by atoms with Crippen molar-refractivity contribution in [2.45, 2.75) is 123 Å². The smallest absolute Gasteiger partial charge is 0.333 e. The number of benzene rings is 2. The van der Waals surface area contributed by atoms with Gasteiger partial charge in [-0.25, -0.2) is 9.37 Å². The minimum atomic E-state index is -4.25. The van der Waals surface area contributed by atoms with E-state index in [0.29, 0.717) is 37.3 Å². The third kappa shape index (κ3) is 11.6. The zero-order chi connectivity index (χ0) is 45.4. The Balaban J connectivity index is 1.43. The van der Waals surface area contributed by atoms with Gasteiger partial charge in [0.05, 0.1) is 6.07 Å². The van der Waals surface area contributed by atoms with E-state index in [-0.39, 0.29) is 43.6 Å². The minimum absolute atomic E-state index is 0.00918. The van der Waals surface area contributed by atoms with Gasteiger partial charge in [-0.15, -0.1) is 5.06 Å². The molecule has 3 amide bonds. The number of nitrogens with zero attached hydrogens (tertiary/aromatic N) is 3. The molecule has 4 aliphatic rings. The molecule has 62 heavy (non-hydrogen) atoms. The number of amides is 3. The van der Waals surface area contributed by atoms with Crippen LogP contribution in [0.3, 0.4) is 0 Å². The number of fused-ring (bicyclic) bond motifs is 2. The van der Waals surface area contributed by atoms with E-state index in [1.807, 2.05) is 25.2 Å². The summed E-state index contributed by atoms with van der Waals surface area (Å²) >= 11 is 0. The molecule has 14 heteroatoms. The highest BCUT2D eigenvalue weighted by atomic mass is 32.2. The lowest BCUT2D eigenvalue weighted by atomic mass is 9.76. The van der Waals surface area contributed by atoms with Crippen molar-refractivity contribution in [3.05, 3.63) is 100 Å². The van der Waals surface area contributed by atoms with E-state index in [1.165, 1.54) is 6.92 Å².